The molecule has 1 amide bonds. The van der Waals surface area contributed by atoms with E-state index >= 15 is 0 Å². The first-order valence-corrected chi connectivity index (χ1v) is 4.25. The minimum Gasteiger partial charge on any atom is -0.378 e. The van der Waals surface area contributed by atoms with E-state index in [2.05, 4.69) is 0 Å². The second-order valence-corrected chi connectivity index (χ2v) is 2.88. The lowest BCUT2D eigenvalue weighted by Gasteiger charge is -2.25. The summed E-state index contributed by atoms with van der Waals surface area (Å²) >= 11 is 0. The highest BCUT2D eigenvalue weighted by molar-refractivity contribution is 5.96. The summed E-state index contributed by atoms with van der Waals surface area (Å²) in [6, 6.07) is 0. The Bertz CT molecular complexity index is 229. The van der Waals surface area contributed by atoms with Gasteiger partial charge in [0.15, 0.2) is 5.78 Å². The van der Waals surface area contributed by atoms with E-state index in [-0.39, 0.29) is 11.7 Å². The summed E-state index contributed by atoms with van der Waals surface area (Å²) in [5, 5.41) is 0. The van der Waals surface area contributed by atoms with Crippen molar-refractivity contribution >= 4 is 11.7 Å². The molecule has 72 valence electrons. The highest BCUT2D eigenvalue weighted by atomic mass is 16.5. The summed E-state index contributed by atoms with van der Waals surface area (Å²) in [7, 11) is 0. The lowest BCUT2D eigenvalue weighted by Crippen LogP contribution is -2.39. The van der Waals surface area contributed by atoms with Crippen molar-refractivity contribution in [3.8, 4) is 0 Å². The molecule has 1 saturated heterocycles. The Kier molecular flexibility index (Phi) is 3.64. The molecule has 0 radical (unpaired) electrons. The molecule has 1 aliphatic heterocycles. The van der Waals surface area contributed by atoms with Crippen molar-refractivity contribution in [1.29, 1.82) is 0 Å². The molecule has 0 aromatic heterocycles. The summed E-state index contributed by atoms with van der Waals surface area (Å²) in [6.07, 6.45) is 2.60. The molecular weight excluding hydrogens is 170 g/mol. The van der Waals surface area contributed by atoms with Crippen LogP contribution in [-0.4, -0.2) is 42.9 Å². The zero-order chi connectivity index (χ0) is 9.68. The van der Waals surface area contributed by atoms with Crippen LogP contribution in [0.1, 0.15) is 6.92 Å². The number of morpholine rings is 1. The fourth-order valence-corrected chi connectivity index (χ4v) is 1.08. The molecule has 0 saturated carbocycles. The van der Waals surface area contributed by atoms with E-state index in [1.807, 2.05) is 0 Å². The summed E-state index contributed by atoms with van der Waals surface area (Å²) in [5.74, 6) is -0.222. The molecule has 4 nitrogen and oxygen atoms in total. The summed E-state index contributed by atoms with van der Waals surface area (Å²) < 4.78 is 5.09. The molecule has 0 unspecified atom stereocenters. The van der Waals surface area contributed by atoms with Crippen molar-refractivity contribution in [2.24, 2.45) is 0 Å². The van der Waals surface area contributed by atoms with Crippen LogP contribution in [0, 0.1) is 0 Å². The molecule has 13 heavy (non-hydrogen) atoms. The smallest absolute Gasteiger partial charge is 0.246 e. The fraction of sp³-hybridized carbons (Fsp3) is 0.556. The third-order valence-electron chi connectivity index (χ3n) is 1.78. The van der Waals surface area contributed by atoms with Crippen LogP contribution in [0.3, 0.4) is 0 Å². The number of ketones is 1. The molecule has 0 aromatic carbocycles. The molecular formula is C9H13NO3. The van der Waals surface area contributed by atoms with E-state index in [0.29, 0.717) is 26.3 Å². The van der Waals surface area contributed by atoms with E-state index in [1.54, 1.807) is 4.90 Å². The van der Waals surface area contributed by atoms with Crippen LogP contribution in [0.5, 0.6) is 0 Å². The number of hydrogen-bond donors (Lipinski definition) is 0. The minimum absolute atomic E-state index is 0.110. The zero-order valence-corrected chi connectivity index (χ0v) is 7.66. The number of ether oxygens (including phenoxy) is 1. The number of carbonyl (C=O) groups is 2. The minimum atomic E-state index is -0.112. The lowest BCUT2D eigenvalue weighted by atomic mass is 10.3. The third kappa shape index (κ3) is 3.38. The molecule has 0 N–H and O–H groups in total. The van der Waals surface area contributed by atoms with Gasteiger partial charge in [-0.05, 0) is 13.0 Å². The second kappa shape index (κ2) is 4.77. The van der Waals surface area contributed by atoms with Crippen molar-refractivity contribution in [2.75, 3.05) is 26.3 Å². The predicted octanol–water partition coefficient (Wildman–Crippen LogP) is -0.00960. The molecule has 0 atom stereocenters. The van der Waals surface area contributed by atoms with Gasteiger partial charge < -0.3 is 9.64 Å². The molecule has 0 spiro atoms. The van der Waals surface area contributed by atoms with E-state index in [1.165, 1.54) is 19.1 Å². The van der Waals surface area contributed by atoms with E-state index in [0.717, 1.165) is 0 Å². The maximum Gasteiger partial charge on any atom is 0.246 e. The molecule has 1 fully saturated rings. The lowest BCUT2D eigenvalue weighted by molar-refractivity contribution is -0.130. The Hall–Kier alpha value is -1.16. The first-order chi connectivity index (χ1) is 6.20. The Morgan fingerprint density at radius 3 is 2.38 bits per heavy atom. The normalized spacial score (nSPS) is 17.8. The molecule has 0 bridgehead atoms. The summed E-state index contributed by atoms with van der Waals surface area (Å²) in [6.45, 7) is 3.81. The fourth-order valence-electron chi connectivity index (χ4n) is 1.08. The highest BCUT2D eigenvalue weighted by Gasteiger charge is 2.13. The molecule has 1 rings (SSSR count). The number of hydrogen-bond acceptors (Lipinski definition) is 3. The van der Waals surface area contributed by atoms with Gasteiger partial charge in [-0.15, -0.1) is 0 Å². The SMILES string of the molecule is CC(=O)/C=C/C(=O)N1CCOCC1. The first kappa shape index (κ1) is 9.92. The Morgan fingerprint density at radius 2 is 1.85 bits per heavy atom. The third-order valence-corrected chi connectivity index (χ3v) is 1.78. The number of nitrogens with zero attached hydrogens (tertiary/aromatic N) is 1. The van der Waals surface area contributed by atoms with Crippen molar-refractivity contribution in [1.82, 2.24) is 4.90 Å². The van der Waals surface area contributed by atoms with Gasteiger partial charge in [-0.2, -0.15) is 0 Å². The number of carbonyl (C=O) groups excluding carboxylic acids is 2. The van der Waals surface area contributed by atoms with Crippen molar-refractivity contribution in [3.05, 3.63) is 12.2 Å². The number of amides is 1. The molecule has 4 heteroatoms. The van der Waals surface area contributed by atoms with E-state index in [9.17, 15) is 9.59 Å². The largest absolute Gasteiger partial charge is 0.378 e. The Labute approximate surface area is 77.2 Å². The Balaban J connectivity index is 2.41. The van der Waals surface area contributed by atoms with Gasteiger partial charge in [-0.1, -0.05) is 0 Å². The van der Waals surface area contributed by atoms with Crippen LogP contribution in [0.15, 0.2) is 12.2 Å². The quantitative estimate of drug-likeness (QED) is 0.566. The van der Waals surface area contributed by atoms with Gasteiger partial charge in [-0.3, -0.25) is 9.59 Å². The van der Waals surface area contributed by atoms with Gasteiger partial charge in [0.05, 0.1) is 13.2 Å². The Morgan fingerprint density at radius 1 is 1.23 bits per heavy atom. The van der Waals surface area contributed by atoms with Crippen LogP contribution >= 0.6 is 0 Å². The van der Waals surface area contributed by atoms with Gasteiger partial charge in [0.2, 0.25) is 5.91 Å². The van der Waals surface area contributed by atoms with Gasteiger partial charge >= 0.3 is 0 Å². The predicted molar refractivity (Wildman–Crippen MR) is 47.2 cm³/mol. The van der Waals surface area contributed by atoms with Crippen LogP contribution in [0.4, 0.5) is 0 Å². The van der Waals surface area contributed by atoms with Crippen molar-refractivity contribution in [2.45, 2.75) is 6.92 Å². The van der Waals surface area contributed by atoms with E-state index < -0.39 is 0 Å². The average molecular weight is 183 g/mol. The summed E-state index contributed by atoms with van der Waals surface area (Å²) in [4.78, 5) is 23.6. The monoisotopic (exact) mass is 183 g/mol. The van der Waals surface area contributed by atoms with Gasteiger partial charge in [0.1, 0.15) is 0 Å². The van der Waals surface area contributed by atoms with Crippen LogP contribution in [-0.2, 0) is 14.3 Å². The maximum atomic E-state index is 11.3. The molecule has 1 aliphatic rings. The van der Waals surface area contributed by atoms with Gasteiger partial charge in [0, 0.05) is 19.2 Å². The summed E-state index contributed by atoms with van der Waals surface area (Å²) in [5.41, 5.74) is 0. The molecule has 0 aliphatic carbocycles. The van der Waals surface area contributed by atoms with Crippen LogP contribution in [0.2, 0.25) is 0 Å². The van der Waals surface area contributed by atoms with Crippen LogP contribution in [0.25, 0.3) is 0 Å². The van der Waals surface area contributed by atoms with Crippen LogP contribution < -0.4 is 0 Å². The highest BCUT2D eigenvalue weighted by Crippen LogP contribution is 1.97. The average Bonchev–Trinajstić information content (AvgIpc) is 2.15. The standard InChI is InChI=1S/C9H13NO3/c1-8(11)2-3-9(12)10-4-6-13-7-5-10/h2-3H,4-7H2,1H3/b3-2+. The second-order valence-electron chi connectivity index (χ2n) is 2.88. The number of rotatable bonds is 2. The first-order valence-electron chi connectivity index (χ1n) is 4.25. The molecule has 1 heterocycles. The number of allylic oxidation sites excluding steroid dienone is 1. The van der Waals surface area contributed by atoms with Crippen molar-refractivity contribution < 1.29 is 14.3 Å². The van der Waals surface area contributed by atoms with Crippen molar-refractivity contribution in [3.63, 3.8) is 0 Å². The van der Waals surface area contributed by atoms with E-state index in [4.69, 9.17) is 4.74 Å². The van der Waals surface area contributed by atoms with Gasteiger partial charge in [0.25, 0.3) is 0 Å². The topological polar surface area (TPSA) is 46.6 Å². The molecule has 0 aromatic rings. The maximum absolute atomic E-state index is 11.3. The zero-order valence-electron chi connectivity index (χ0n) is 7.66. The van der Waals surface area contributed by atoms with Gasteiger partial charge in [-0.25, -0.2) is 0 Å².